The van der Waals surface area contributed by atoms with Gasteiger partial charge in [0, 0.05) is 18.3 Å². The average molecular weight is 353 g/mol. The third-order valence-corrected chi connectivity index (χ3v) is 4.28. The summed E-state index contributed by atoms with van der Waals surface area (Å²) in [5.41, 5.74) is 4.11. The third kappa shape index (κ3) is 2.72. The van der Waals surface area contributed by atoms with Gasteiger partial charge in [0.15, 0.2) is 0 Å². The first-order valence-corrected chi connectivity index (χ1v) is 8.12. The summed E-state index contributed by atoms with van der Waals surface area (Å²) in [5, 5.41) is 3.19. The van der Waals surface area contributed by atoms with Gasteiger partial charge in [0.2, 0.25) is 5.95 Å². The second-order valence-corrected chi connectivity index (χ2v) is 5.95. The molecule has 0 saturated heterocycles. The van der Waals surface area contributed by atoms with Gasteiger partial charge in [-0.2, -0.15) is 0 Å². The van der Waals surface area contributed by atoms with E-state index in [2.05, 4.69) is 15.3 Å². The molecule has 0 bridgehead atoms. The third-order valence-electron chi connectivity index (χ3n) is 3.99. The molecule has 0 radical (unpaired) electrons. The summed E-state index contributed by atoms with van der Waals surface area (Å²) in [4.78, 5) is 9.02. The van der Waals surface area contributed by atoms with E-state index in [9.17, 15) is 4.39 Å². The number of benzene rings is 2. The minimum Gasteiger partial charge on any atom is -0.358 e. The number of fused-ring (bicyclic) bond motifs is 1. The van der Waals surface area contributed by atoms with Crippen molar-refractivity contribution in [3.05, 3.63) is 71.6 Å². The van der Waals surface area contributed by atoms with Crippen LogP contribution in [0.15, 0.2) is 60.8 Å². The maximum atomic E-state index is 13.4. The zero-order chi connectivity index (χ0) is 17.4. The van der Waals surface area contributed by atoms with Crippen LogP contribution in [0.25, 0.3) is 28.0 Å². The van der Waals surface area contributed by atoms with E-state index >= 15 is 0 Å². The lowest BCUT2D eigenvalue weighted by atomic mass is 10.1. The number of para-hydroxylation sites is 1. The van der Waals surface area contributed by atoms with Crippen molar-refractivity contribution in [3.63, 3.8) is 0 Å². The van der Waals surface area contributed by atoms with E-state index in [-0.39, 0.29) is 5.02 Å². The van der Waals surface area contributed by atoms with Crippen molar-refractivity contribution < 1.29 is 4.39 Å². The molecular weight excluding hydrogens is 339 g/mol. The van der Waals surface area contributed by atoms with Crippen molar-refractivity contribution in [3.8, 4) is 16.9 Å². The van der Waals surface area contributed by atoms with Crippen LogP contribution in [-0.2, 0) is 0 Å². The molecule has 0 aliphatic rings. The van der Waals surface area contributed by atoms with Crippen molar-refractivity contribution in [2.45, 2.75) is 0 Å². The Bertz CT molecular complexity index is 1060. The van der Waals surface area contributed by atoms with E-state index in [4.69, 9.17) is 11.6 Å². The molecule has 25 heavy (non-hydrogen) atoms. The van der Waals surface area contributed by atoms with Crippen molar-refractivity contribution in [1.29, 1.82) is 0 Å². The first-order chi connectivity index (χ1) is 12.2. The number of hydrogen-bond acceptors (Lipinski definition) is 3. The van der Waals surface area contributed by atoms with Gasteiger partial charge < -0.3 is 5.32 Å². The van der Waals surface area contributed by atoms with Crippen molar-refractivity contribution in [2.75, 3.05) is 12.4 Å². The molecule has 6 heteroatoms. The summed E-state index contributed by atoms with van der Waals surface area (Å²) >= 11 is 5.91. The Balaban J connectivity index is 1.94. The van der Waals surface area contributed by atoms with Gasteiger partial charge in [-0.25, -0.2) is 9.37 Å². The summed E-state index contributed by atoms with van der Waals surface area (Å²) in [6.45, 7) is 0. The van der Waals surface area contributed by atoms with Gasteiger partial charge in [-0.05, 0) is 36.4 Å². The van der Waals surface area contributed by atoms with Crippen LogP contribution in [0.3, 0.4) is 0 Å². The van der Waals surface area contributed by atoms with Crippen molar-refractivity contribution in [1.82, 2.24) is 14.5 Å². The van der Waals surface area contributed by atoms with E-state index in [0.29, 0.717) is 5.69 Å². The Hall–Kier alpha value is -2.92. The molecule has 2 aromatic carbocycles. The number of imidazole rings is 1. The molecule has 2 heterocycles. The molecule has 0 aliphatic carbocycles. The highest BCUT2D eigenvalue weighted by Crippen LogP contribution is 2.29. The molecule has 124 valence electrons. The molecule has 4 aromatic rings. The highest BCUT2D eigenvalue weighted by Gasteiger charge is 2.13. The fourth-order valence-electron chi connectivity index (χ4n) is 2.80. The van der Waals surface area contributed by atoms with Crippen LogP contribution < -0.4 is 5.32 Å². The highest BCUT2D eigenvalue weighted by molar-refractivity contribution is 6.31. The number of nitrogens with zero attached hydrogens (tertiary/aromatic N) is 3. The Kier molecular flexibility index (Phi) is 3.86. The van der Waals surface area contributed by atoms with Crippen LogP contribution in [0.5, 0.6) is 0 Å². The van der Waals surface area contributed by atoms with Gasteiger partial charge in [-0.15, -0.1) is 0 Å². The van der Waals surface area contributed by atoms with Gasteiger partial charge in [0.1, 0.15) is 11.3 Å². The first-order valence-electron chi connectivity index (χ1n) is 7.74. The molecule has 0 saturated carbocycles. The largest absolute Gasteiger partial charge is 0.358 e. The number of hydrogen-bond donors (Lipinski definition) is 1. The summed E-state index contributed by atoms with van der Waals surface area (Å²) in [6, 6.07) is 16.5. The Morgan fingerprint density at radius 3 is 2.60 bits per heavy atom. The van der Waals surface area contributed by atoms with Gasteiger partial charge in [0.25, 0.3) is 0 Å². The summed E-state index contributed by atoms with van der Waals surface area (Å²) in [7, 11) is 1.83. The number of halogens is 2. The Labute approximate surface area is 148 Å². The van der Waals surface area contributed by atoms with Crippen LogP contribution >= 0.6 is 11.6 Å². The monoisotopic (exact) mass is 352 g/mol. The topological polar surface area (TPSA) is 42.7 Å². The van der Waals surface area contributed by atoms with Crippen LogP contribution in [-0.4, -0.2) is 21.6 Å². The molecule has 4 nitrogen and oxygen atoms in total. The number of nitrogens with one attached hydrogen (secondary N) is 1. The van der Waals surface area contributed by atoms with Crippen LogP contribution in [0.4, 0.5) is 10.3 Å². The van der Waals surface area contributed by atoms with Crippen LogP contribution in [0.1, 0.15) is 0 Å². The molecule has 2 aromatic heterocycles. The molecule has 4 rings (SSSR count). The second kappa shape index (κ2) is 6.18. The van der Waals surface area contributed by atoms with E-state index in [1.807, 2.05) is 48.0 Å². The van der Waals surface area contributed by atoms with E-state index in [1.165, 1.54) is 6.07 Å². The van der Waals surface area contributed by atoms with Gasteiger partial charge >= 0.3 is 0 Å². The smallest absolute Gasteiger partial charge is 0.208 e. The number of rotatable bonds is 3. The fourth-order valence-corrected chi connectivity index (χ4v) is 2.98. The maximum Gasteiger partial charge on any atom is 0.208 e. The molecule has 0 spiro atoms. The first kappa shape index (κ1) is 15.6. The highest BCUT2D eigenvalue weighted by atomic mass is 35.5. The molecule has 0 amide bonds. The zero-order valence-corrected chi connectivity index (χ0v) is 14.1. The molecule has 0 aliphatic heterocycles. The minimum atomic E-state index is -0.446. The number of aromatic nitrogens is 3. The number of pyridine rings is 1. The van der Waals surface area contributed by atoms with Crippen molar-refractivity contribution >= 4 is 28.6 Å². The van der Waals surface area contributed by atoms with Gasteiger partial charge in [-0.3, -0.25) is 9.55 Å². The SMILES string of the molecule is CNc1nc2cnc(-c3ccc(F)c(Cl)c3)cc2n1-c1ccccc1. The fraction of sp³-hybridized carbons (Fsp3) is 0.0526. The summed E-state index contributed by atoms with van der Waals surface area (Å²) in [6.07, 6.45) is 1.71. The van der Waals surface area contributed by atoms with Gasteiger partial charge in [0.05, 0.1) is 22.4 Å². The maximum absolute atomic E-state index is 13.4. The van der Waals surface area contributed by atoms with Crippen LogP contribution in [0, 0.1) is 5.82 Å². The molecule has 0 atom stereocenters. The Morgan fingerprint density at radius 2 is 1.88 bits per heavy atom. The lowest BCUT2D eigenvalue weighted by Crippen LogP contribution is -2.01. The van der Waals surface area contributed by atoms with E-state index < -0.39 is 5.82 Å². The summed E-state index contributed by atoms with van der Waals surface area (Å²) < 4.78 is 15.4. The zero-order valence-electron chi connectivity index (χ0n) is 13.4. The van der Waals surface area contributed by atoms with Gasteiger partial charge in [-0.1, -0.05) is 29.8 Å². The minimum absolute atomic E-state index is 0.0758. The number of anilines is 1. The molecule has 0 fully saturated rings. The molecule has 1 N–H and O–H groups in total. The standard InChI is InChI=1S/C19H14ClFN4/c1-22-19-24-17-11-23-16(12-7-8-15(21)14(20)9-12)10-18(17)25(19)13-5-3-2-4-6-13/h2-11H,1H3,(H,22,24). The Morgan fingerprint density at radius 1 is 1.08 bits per heavy atom. The normalized spacial score (nSPS) is 11.0. The lowest BCUT2D eigenvalue weighted by Gasteiger charge is -2.09. The van der Waals surface area contributed by atoms with E-state index in [1.54, 1.807) is 18.3 Å². The van der Waals surface area contributed by atoms with Crippen molar-refractivity contribution in [2.24, 2.45) is 0 Å². The van der Waals surface area contributed by atoms with E-state index in [0.717, 1.165) is 28.2 Å². The summed E-state index contributed by atoms with van der Waals surface area (Å²) in [5.74, 6) is 0.274. The lowest BCUT2D eigenvalue weighted by molar-refractivity contribution is 0.628. The quantitative estimate of drug-likeness (QED) is 0.569. The predicted molar refractivity (Wildman–Crippen MR) is 98.8 cm³/mol. The second-order valence-electron chi connectivity index (χ2n) is 5.54. The molecule has 0 unspecified atom stereocenters. The van der Waals surface area contributed by atoms with Crippen LogP contribution in [0.2, 0.25) is 5.02 Å². The average Bonchev–Trinajstić information content (AvgIpc) is 3.02. The predicted octanol–water partition coefficient (Wildman–Crippen LogP) is 4.92. The molecular formula is C19H14ClFN4.